The zero-order valence-electron chi connectivity index (χ0n) is 11.9. The lowest BCUT2D eigenvalue weighted by molar-refractivity contribution is -0.120. The summed E-state index contributed by atoms with van der Waals surface area (Å²) in [4.78, 5) is 13.6. The van der Waals surface area contributed by atoms with Gasteiger partial charge in [0.05, 0.1) is 0 Å². The highest BCUT2D eigenvalue weighted by atomic mass is 79.9. The molecule has 1 amide bonds. The van der Waals surface area contributed by atoms with E-state index in [1.54, 1.807) is 0 Å². The van der Waals surface area contributed by atoms with Gasteiger partial charge in [-0.3, -0.25) is 4.79 Å². The SMILES string of the molecule is CCCNCc1ccc(N2CCNC(=O)CC2)cc1Br. The first-order valence-electron chi connectivity index (χ1n) is 7.21. The van der Waals surface area contributed by atoms with Gasteiger partial charge >= 0.3 is 0 Å². The number of anilines is 1. The van der Waals surface area contributed by atoms with Gasteiger partial charge in [0, 0.05) is 42.8 Å². The first kappa shape index (κ1) is 15.3. The van der Waals surface area contributed by atoms with E-state index in [0.29, 0.717) is 6.42 Å². The zero-order valence-corrected chi connectivity index (χ0v) is 13.5. The molecule has 0 radical (unpaired) electrons. The lowest BCUT2D eigenvalue weighted by atomic mass is 10.2. The molecule has 0 aromatic heterocycles. The number of benzene rings is 1. The van der Waals surface area contributed by atoms with Crippen molar-refractivity contribution in [3.63, 3.8) is 0 Å². The van der Waals surface area contributed by atoms with Gasteiger partial charge in [-0.15, -0.1) is 0 Å². The maximum absolute atomic E-state index is 11.4. The minimum Gasteiger partial charge on any atom is -0.369 e. The van der Waals surface area contributed by atoms with Crippen molar-refractivity contribution in [2.24, 2.45) is 0 Å². The van der Waals surface area contributed by atoms with E-state index in [4.69, 9.17) is 0 Å². The van der Waals surface area contributed by atoms with Crippen molar-refractivity contribution in [2.75, 3.05) is 31.1 Å². The van der Waals surface area contributed by atoms with Crippen molar-refractivity contribution >= 4 is 27.5 Å². The summed E-state index contributed by atoms with van der Waals surface area (Å²) in [5, 5.41) is 6.31. The lowest BCUT2D eigenvalue weighted by Crippen LogP contribution is -2.28. The van der Waals surface area contributed by atoms with E-state index in [0.717, 1.165) is 43.6 Å². The molecule has 1 aromatic carbocycles. The third-order valence-corrected chi connectivity index (χ3v) is 4.19. The summed E-state index contributed by atoms with van der Waals surface area (Å²) in [5.74, 6) is 0.145. The van der Waals surface area contributed by atoms with Crippen molar-refractivity contribution in [2.45, 2.75) is 26.3 Å². The van der Waals surface area contributed by atoms with Gasteiger partial charge in [-0.25, -0.2) is 0 Å². The van der Waals surface area contributed by atoms with Crippen LogP contribution in [0.1, 0.15) is 25.3 Å². The molecule has 1 aromatic rings. The van der Waals surface area contributed by atoms with E-state index in [1.807, 2.05) is 0 Å². The highest BCUT2D eigenvalue weighted by Crippen LogP contribution is 2.24. The number of carbonyl (C=O) groups excluding carboxylic acids is 1. The second kappa shape index (κ2) is 7.64. The fourth-order valence-electron chi connectivity index (χ4n) is 2.30. The summed E-state index contributed by atoms with van der Waals surface area (Å²) in [7, 11) is 0. The summed E-state index contributed by atoms with van der Waals surface area (Å²) < 4.78 is 1.13. The number of halogens is 1. The van der Waals surface area contributed by atoms with E-state index < -0.39 is 0 Å². The van der Waals surface area contributed by atoms with Crippen LogP contribution in [0.5, 0.6) is 0 Å². The van der Waals surface area contributed by atoms with Gasteiger partial charge in [-0.2, -0.15) is 0 Å². The molecule has 1 aliphatic heterocycles. The Morgan fingerprint density at radius 2 is 2.25 bits per heavy atom. The van der Waals surface area contributed by atoms with Crippen molar-refractivity contribution in [3.05, 3.63) is 28.2 Å². The standard InChI is InChI=1S/C15H22BrN3O/c1-2-6-17-11-12-3-4-13(10-14(12)16)19-8-5-15(20)18-7-9-19/h3-4,10,17H,2,5-9,11H2,1H3,(H,18,20). The number of hydrogen-bond donors (Lipinski definition) is 2. The van der Waals surface area contributed by atoms with Gasteiger partial charge in [0.1, 0.15) is 0 Å². The number of rotatable bonds is 5. The monoisotopic (exact) mass is 339 g/mol. The highest BCUT2D eigenvalue weighted by Gasteiger charge is 2.14. The largest absolute Gasteiger partial charge is 0.369 e. The summed E-state index contributed by atoms with van der Waals surface area (Å²) in [6, 6.07) is 6.45. The normalized spacial score (nSPS) is 15.9. The fraction of sp³-hybridized carbons (Fsp3) is 0.533. The Labute approximate surface area is 129 Å². The van der Waals surface area contributed by atoms with E-state index in [9.17, 15) is 4.79 Å². The van der Waals surface area contributed by atoms with Crippen molar-refractivity contribution in [1.29, 1.82) is 0 Å². The van der Waals surface area contributed by atoms with Crippen LogP contribution < -0.4 is 15.5 Å². The smallest absolute Gasteiger partial charge is 0.221 e. The summed E-state index contributed by atoms with van der Waals surface area (Å²) >= 11 is 3.65. The maximum atomic E-state index is 11.4. The van der Waals surface area contributed by atoms with Crippen LogP contribution in [0.25, 0.3) is 0 Å². The topological polar surface area (TPSA) is 44.4 Å². The van der Waals surface area contributed by atoms with Crippen LogP contribution in [-0.4, -0.2) is 32.1 Å². The Balaban J connectivity index is 2.02. The molecule has 4 nitrogen and oxygen atoms in total. The third kappa shape index (κ3) is 4.21. The average Bonchev–Trinajstić information content (AvgIpc) is 2.65. The minimum atomic E-state index is 0.145. The van der Waals surface area contributed by atoms with E-state index >= 15 is 0 Å². The molecule has 0 saturated carbocycles. The predicted octanol–water partition coefficient (Wildman–Crippen LogP) is 2.28. The molecule has 1 saturated heterocycles. The Morgan fingerprint density at radius 1 is 1.40 bits per heavy atom. The molecule has 5 heteroatoms. The molecular formula is C15H22BrN3O. The minimum absolute atomic E-state index is 0.145. The number of nitrogens with one attached hydrogen (secondary N) is 2. The molecule has 110 valence electrons. The Hall–Kier alpha value is -1.07. The second-order valence-corrected chi connectivity index (χ2v) is 5.89. The molecular weight excluding hydrogens is 318 g/mol. The Kier molecular flexibility index (Phi) is 5.86. The van der Waals surface area contributed by atoms with E-state index in [1.165, 1.54) is 11.3 Å². The number of nitrogens with zero attached hydrogens (tertiary/aromatic N) is 1. The van der Waals surface area contributed by atoms with Gasteiger partial charge in [-0.05, 0) is 30.7 Å². The molecule has 0 unspecified atom stereocenters. The van der Waals surface area contributed by atoms with Crippen LogP contribution in [0.15, 0.2) is 22.7 Å². The Bertz CT molecular complexity index is 464. The molecule has 2 N–H and O–H groups in total. The quantitative estimate of drug-likeness (QED) is 0.809. The molecule has 0 atom stereocenters. The van der Waals surface area contributed by atoms with Gasteiger partial charge < -0.3 is 15.5 Å². The molecule has 1 aliphatic rings. The number of hydrogen-bond acceptors (Lipinski definition) is 3. The van der Waals surface area contributed by atoms with Gasteiger partial charge in [0.15, 0.2) is 0 Å². The summed E-state index contributed by atoms with van der Waals surface area (Å²) in [6.07, 6.45) is 1.71. The highest BCUT2D eigenvalue weighted by molar-refractivity contribution is 9.10. The molecule has 0 aliphatic carbocycles. The van der Waals surface area contributed by atoms with Crippen molar-refractivity contribution < 1.29 is 4.79 Å². The summed E-state index contributed by atoms with van der Waals surface area (Å²) in [6.45, 7) is 6.45. The van der Waals surface area contributed by atoms with Crippen LogP contribution in [0.4, 0.5) is 5.69 Å². The average molecular weight is 340 g/mol. The van der Waals surface area contributed by atoms with Crippen molar-refractivity contribution in [3.8, 4) is 0 Å². The molecule has 20 heavy (non-hydrogen) atoms. The molecule has 0 spiro atoms. The van der Waals surface area contributed by atoms with Crippen LogP contribution in [-0.2, 0) is 11.3 Å². The first-order valence-corrected chi connectivity index (χ1v) is 8.01. The van der Waals surface area contributed by atoms with Crippen LogP contribution >= 0.6 is 15.9 Å². The first-order chi connectivity index (χ1) is 9.70. The van der Waals surface area contributed by atoms with Crippen molar-refractivity contribution in [1.82, 2.24) is 10.6 Å². The zero-order chi connectivity index (χ0) is 14.4. The van der Waals surface area contributed by atoms with Crippen LogP contribution in [0.3, 0.4) is 0 Å². The molecule has 2 rings (SSSR count). The second-order valence-electron chi connectivity index (χ2n) is 5.04. The van der Waals surface area contributed by atoms with Crippen LogP contribution in [0, 0.1) is 0 Å². The molecule has 0 bridgehead atoms. The van der Waals surface area contributed by atoms with Gasteiger partial charge in [0.2, 0.25) is 5.91 Å². The summed E-state index contributed by atoms with van der Waals surface area (Å²) in [5.41, 5.74) is 2.44. The van der Waals surface area contributed by atoms with Gasteiger partial charge in [-0.1, -0.05) is 28.9 Å². The maximum Gasteiger partial charge on any atom is 0.221 e. The lowest BCUT2D eigenvalue weighted by Gasteiger charge is -2.22. The molecule has 1 fully saturated rings. The van der Waals surface area contributed by atoms with E-state index in [-0.39, 0.29) is 5.91 Å². The fourth-order valence-corrected chi connectivity index (χ4v) is 2.81. The number of amides is 1. The molecule has 1 heterocycles. The van der Waals surface area contributed by atoms with Crippen LogP contribution in [0.2, 0.25) is 0 Å². The predicted molar refractivity (Wildman–Crippen MR) is 86.0 cm³/mol. The van der Waals surface area contributed by atoms with E-state index in [2.05, 4.69) is 56.6 Å². The van der Waals surface area contributed by atoms with Gasteiger partial charge in [0.25, 0.3) is 0 Å². The number of carbonyl (C=O) groups is 1. The third-order valence-electron chi connectivity index (χ3n) is 3.46. The Morgan fingerprint density at radius 3 is 3.00 bits per heavy atom.